The summed E-state index contributed by atoms with van der Waals surface area (Å²) in [5.41, 5.74) is 0.842. The molecule has 2 rings (SSSR count). The van der Waals surface area contributed by atoms with Crippen molar-refractivity contribution < 1.29 is 14.0 Å². The van der Waals surface area contributed by atoms with E-state index in [9.17, 15) is 9.59 Å². The molecule has 0 aliphatic heterocycles. The lowest BCUT2D eigenvalue weighted by atomic mass is 9.89. The molecule has 18 heavy (non-hydrogen) atoms. The molecule has 1 aromatic carbocycles. The molecule has 3 nitrogen and oxygen atoms in total. The predicted octanol–water partition coefficient (Wildman–Crippen LogP) is 3.23. The van der Waals surface area contributed by atoms with Gasteiger partial charge in [0.1, 0.15) is 5.78 Å². The highest BCUT2D eigenvalue weighted by molar-refractivity contribution is 6.01. The number of furan rings is 1. The topological polar surface area (TPSA) is 47.3 Å². The van der Waals surface area contributed by atoms with Gasteiger partial charge in [-0.3, -0.25) is 9.59 Å². The Labute approximate surface area is 105 Å². The Balaban J connectivity index is 2.31. The van der Waals surface area contributed by atoms with Crippen molar-refractivity contribution in [3.05, 3.63) is 60.1 Å². The molecule has 0 amide bonds. The number of hydrogen-bond donors (Lipinski definition) is 0. The molecule has 1 aromatic heterocycles. The van der Waals surface area contributed by atoms with E-state index in [1.54, 1.807) is 12.1 Å². The molecule has 0 N–H and O–H groups in total. The largest absolute Gasteiger partial charge is 0.461 e. The van der Waals surface area contributed by atoms with Crippen molar-refractivity contribution in [1.82, 2.24) is 0 Å². The molecule has 2 aromatic rings. The Morgan fingerprint density at radius 2 is 1.83 bits per heavy atom. The number of benzene rings is 1. The summed E-state index contributed by atoms with van der Waals surface area (Å²) < 4.78 is 5.12. The molecule has 0 aliphatic rings. The van der Waals surface area contributed by atoms with Gasteiger partial charge in [0.05, 0.1) is 12.2 Å². The van der Waals surface area contributed by atoms with Crippen LogP contribution in [0.3, 0.4) is 0 Å². The van der Waals surface area contributed by atoms with Crippen LogP contribution in [-0.2, 0) is 4.79 Å². The average molecular weight is 242 g/mol. The Hall–Kier alpha value is -2.16. The van der Waals surface area contributed by atoms with Crippen LogP contribution in [-0.4, -0.2) is 11.6 Å². The van der Waals surface area contributed by atoms with E-state index in [1.807, 2.05) is 30.3 Å². The second kappa shape index (κ2) is 5.45. The lowest BCUT2D eigenvalue weighted by Crippen LogP contribution is -2.15. The zero-order chi connectivity index (χ0) is 13.0. The van der Waals surface area contributed by atoms with Gasteiger partial charge in [0, 0.05) is 6.42 Å². The van der Waals surface area contributed by atoms with Crippen LogP contribution in [0, 0.1) is 0 Å². The summed E-state index contributed by atoms with van der Waals surface area (Å²) in [6.07, 6.45) is 1.66. The third-order valence-corrected chi connectivity index (χ3v) is 2.77. The number of Topliss-reactive ketones (excluding diaryl/α,β-unsaturated/α-hetero) is 2. The van der Waals surface area contributed by atoms with Gasteiger partial charge in [-0.1, -0.05) is 30.3 Å². The number of carbonyl (C=O) groups is 2. The lowest BCUT2D eigenvalue weighted by molar-refractivity contribution is -0.117. The van der Waals surface area contributed by atoms with Crippen molar-refractivity contribution in [2.45, 2.75) is 19.3 Å². The van der Waals surface area contributed by atoms with E-state index in [2.05, 4.69) is 0 Å². The Morgan fingerprint density at radius 3 is 2.39 bits per heavy atom. The Kier molecular flexibility index (Phi) is 3.72. The van der Waals surface area contributed by atoms with Crippen molar-refractivity contribution in [1.29, 1.82) is 0 Å². The van der Waals surface area contributed by atoms with Gasteiger partial charge >= 0.3 is 0 Å². The van der Waals surface area contributed by atoms with Crippen LogP contribution in [0.4, 0.5) is 0 Å². The van der Waals surface area contributed by atoms with Crippen molar-refractivity contribution >= 4 is 11.6 Å². The van der Waals surface area contributed by atoms with Gasteiger partial charge in [0.2, 0.25) is 5.78 Å². The maximum absolute atomic E-state index is 12.3. The highest BCUT2D eigenvalue weighted by atomic mass is 16.3. The third kappa shape index (κ3) is 2.74. The van der Waals surface area contributed by atoms with E-state index in [1.165, 1.54) is 13.2 Å². The minimum absolute atomic E-state index is 0.0104. The molecule has 1 unspecified atom stereocenters. The summed E-state index contributed by atoms with van der Waals surface area (Å²) >= 11 is 0. The van der Waals surface area contributed by atoms with E-state index >= 15 is 0 Å². The molecule has 1 atom stereocenters. The second-order valence-electron chi connectivity index (χ2n) is 4.21. The molecule has 92 valence electrons. The minimum atomic E-state index is -0.463. The first kappa shape index (κ1) is 12.3. The number of rotatable bonds is 5. The first-order chi connectivity index (χ1) is 8.68. The Bertz CT molecular complexity index is 526. The zero-order valence-electron chi connectivity index (χ0n) is 10.1. The fraction of sp³-hybridized carbons (Fsp3) is 0.200. The lowest BCUT2D eigenvalue weighted by Gasteiger charge is -2.13. The highest BCUT2D eigenvalue weighted by Gasteiger charge is 2.25. The molecule has 1 heterocycles. The van der Waals surface area contributed by atoms with Gasteiger partial charge in [0.15, 0.2) is 5.76 Å². The molecule has 0 saturated heterocycles. The standard InChI is InChI=1S/C15H14O3/c1-11(16)10-13(12-6-3-2-4-7-12)15(17)14-8-5-9-18-14/h2-9,13H,10H2,1H3. The van der Waals surface area contributed by atoms with Crippen molar-refractivity contribution in [3.63, 3.8) is 0 Å². The van der Waals surface area contributed by atoms with Crippen molar-refractivity contribution in [3.8, 4) is 0 Å². The van der Waals surface area contributed by atoms with E-state index in [0.29, 0.717) is 5.76 Å². The fourth-order valence-corrected chi connectivity index (χ4v) is 1.93. The first-order valence-corrected chi connectivity index (χ1v) is 5.80. The number of hydrogen-bond acceptors (Lipinski definition) is 3. The molecule has 0 fully saturated rings. The predicted molar refractivity (Wildman–Crippen MR) is 67.5 cm³/mol. The average Bonchev–Trinajstić information content (AvgIpc) is 2.90. The smallest absolute Gasteiger partial charge is 0.205 e. The summed E-state index contributed by atoms with van der Waals surface area (Å²) in [5, 5.41) is 0. The SMILES string of the molecule is CC(=O)CC(C(=O)c1ccco1)c1ccccc1. The van der Waals surface area contributed by atoms with Crippen LogP contribution >= 0.6 is 0 Å². The van der Waals surface area contributed by atoms with Gasteiger partial charge < -0.3 is 4.42 Å². The normalized spacial score (nSPS) is 12.1. The highest BCUT2D eigenvalue weighted by Crippen LogP contribution is 2.24. The molecular weight excluding hydrogens is 228 g/mol. The van der Waals surface area contributed by atoms with Crippen LogP contribution < -0.4 is 0 Å². The van der Waals surface area contributed by atoms with Gasteiger partial charge in [-0.05, 0) is 24.6 Å². The molecule has 3 heteroatoms. The summed E-state index contributed by atoms with van der Waals surface area (Å²) in [5.74, 6) is -0.329. The van der Waals surface area contributed by atoms with Gasteiger partial charge in [-0.15, -0.1) is 0 Å². The quantitative estimate of drug-likeness (QED) is 0.756. The molecule has 0 radical (unpaired) electrons. The van der Waals surface area contributed by atoms with Crippen LogP contribution in [0.5, 0.6) is 0 Å². The Morgan fingerprint density at radius 1 is 1.11 bits per heavy atom. The number of carbonyl (C=O) groups excluding carboxylic acids is 2. The number of ketones is 2. The van der Waals surface area contributed by atoms with E-state index in [0.717, 1.165) is 5.56 Å². The maximum Gasteiger partial charge on any atom is 0.205 e. The minimum Gasteiger partial charge on any atom is -0.461 e. The summed E-state index contributed by atoms with van der Waals surface area (Å²) in [4.78, 5) is 23.6. The zero-order valence-corrected chi connectivity index (χ0v) is 10.1. The van der Waals surface area contributed by atoms with Gasteiger partial charge in [-0.2, -0.15) is 0 Å². The van der Waals surface area contributed by atoms with E-state index in [4.69, 9.17) is 4.42 Å². The monoisotopic (exact) mass is 242 g/mol. The van der Waals surface area contributed by atoms with Crippen molar-refractivity contribution in [2.24, 2.45) is 0 Å². The van der Waals surface area contributed by atoms with Crippen molar-refractivity contribution in [2.75, 3.05) is 0 Å². The fourth-order valence-electron chi connectivity index (χ4n) is 1.93. The maximum atomic E-state index is 12.3. The van der Waals surface area contributed by atoms with Crippen LogP contribution in [0.25, 0.3) is 0 Å². The third-order valence-electron chi connectivity index (χ3n) is 2.77. The van der Waals surface area contributed by atoms with Crippen LogP contribution in [0.2, 0.25) is 0 Å². The van der Waals surface area contributed by atoms with Crippen LogP contribution in [0.15, 0.2) is 53.1 Å². The summed E-state index contributed by atoms with van der Waals surface area (Å²) in [7, 11) is 0. The summed E-state index contributed by atoms with van der Waals surface area (Å²) in [6, 6.07) is 12.6. The molecule has 0 spiro atoms. The first-order valence-electron chi connectivity index (χ1n) is 5.80. The van der Waals surface area contributed by atoms with E-state index in [-0.39, 0.29) is 18.0 Å². The summed E-state index contributed by atoms with van der Waals surface area (Å²) in [6.45, 7) is 1.49. The molecule has 0 saturated carbocycles. The van der Waals surface area contributed by atoms with E-state index < -0.39 is 5.92 Å². The molecular formula is C15H14O3. The second-order valence-corrected chi connectivity index (χ2v) is 4.21. The van der Waals surface area contributed by atoms with Gasteiger partial charge in [0.25, 0.3) is 0 Å². The van der Waals surface area contributed by atoms with Gasteiger partial charge in [-0.25, -0.2) is 0 Å². The molecule has 0 bridgehead atoms. The van der Waals surface area contributed by atoms with Crippen LogP contribution in [0.1, 0.15) is 35.4 Å². The molecule has 0 aliphatic carbocycles.